The van der Waals surface area contributed by atoms with Gasteiger partial charge in [0, 0.05) is 18.2 Å². The molecule has 0 bridgehead atoms. The second-order valence-electron chi connectivity index (χ2n) is 5.66. The van der Waals surface area contributed by atoms with Crippen LogP contribution in [0.2, 0.25) is 0 Å². The van der Waals surface area contributed by atoms with Crippen molar-refractivity contribution in [3.05, 3.63) is 12.1 Å². The fourth-order valence-electron chi connectivity index (χ4n) is 2.93. The van der Waals surface area contributed by atoms with Gasteiger partial charge in [-0.3, -0.25) is 0 Å². The number of hydrogen-bond acceptors (Lipinski definition) is 4. The summed E-state index contributed by atoms with van der Waals surface area (Å²) in [5.41, 5.74) is 7.78. The molecule has 4 nitrogen and oxygen atoms in total. The Bertz CT molecular complexity index is 448. The maximum atomic E-state index is 6.12. The quantitative estimate of drug-likeness (QED) is 0.652. The summed E-state index contributed by atoms with van der Waals surface area (Å²) < 4.78 is 10.6. The molecule has 20 heavy (non-hydrogen) atoms. The third kappa shape index (κ3) is 3.30. The second kappa shape index (κ2) is 6.73. The van der Waals surface area contributed by atoms with Gasteiger partial charge in [-0.15, -0.1) is 0 Å². The summed E-state index contributed by atoms with van der Waals surface area (Å²) in [5.74, 6) is 2.06. The molecule has 1 aliphatic carbocycles. The van der Waals surface area contributed by atoms with E-state index in [4.69, 9.17) is 15.2 Å². The van der Waals surface area contributed by atoms with E-state index in [0.29, 0.717) is 29.1 Å². The smallest absolute Gasteiger partial charge is 0.162 e. The Labute approximate surface area is 121 Å². The number of anilines is 2. The van der Waals surface area contributed by atoms with Crippen molar-refractivity contribution in [3.8, 4) is 11.5 Å². The first-order chi connectivity index (χ1) is 9.65. The molecule has 1 fully saturated rings. The Morgan fingerprint density at radius 2 is 1.70 bits per heavy atom. The van der Waals surface area contributed by atoms with E-state index in [9.17, 15) is 0 Å². The van der Waals surface area contributed by atoms with Crippen molar-refractivity contribution in [2.45, 2.75) is 45.1 Å². The van der Waals surface area contributed by atoms with Crippen LogP contribution in [0.5, 0.6) is 11.5 Å². The summed E-state index contributed by atoms with van der Waals surface area (Å²) in [4.78, 5) is 0. The third-order valence-electron chi connectivity index (χ3n) is 4.26. The predicted octanol–water partition coefficient (Wildman–Crippen LogP) is 3.67. The molecule has 4 heteroatoms. The van der Waals surface area contributed by atoms with Crippen LogP contribution < -0.4 is 20.5 Å². The highest BCUT2D eigenvalue weighted by atomic mass is 16.5. The van der Waals surface area contributed by atoms with E-state index >= 15 is 0 Å². The van der Waals surface area contributed by atoms with Crippen molar-refractivity contribution in [2.24, 2.45) is 5.92 Å². The van der Waals surface area contributed by atoms with Crippen molar-refractivity contribution < 1.29 is 9.47 Å². The third-order valence-corrected chi connectivity index (χ3v) is 4.26. The summed E-state index contributed by atoms with van der Waals surface area (Å²) in [6.07, 6.45) is 6.44. The molecule has 0 saturated heterocycles. The van der Waals surface area contributed by atoms with Gasteiger partial charge < -0.3 is 20.5 Å². The number of benzene rings is 1. The summed E-state index contributed by atoms with van der Waals surface area (Å²) in [5, 5.41) is 3.60. The molecule has 2 unspecified atom stereocenters. The molecule has 0 aromatic heterocycles. The predicted molar refractivity (Wildman–Crippen MR) is 83.6 cm³/mol. The van der Waals surface area contributed by atoms with E-state index in [1.807, 2.05) is 12.1 Å². The van der Waals surface area contributed by atoms with Crippen LogP contribution in [-0.2, 0) is 0 Å². The lowest BCUT2D eigenvalue weighted by molar-refractivity contribution is 0.355. The average Bonchev–Trinajstić information content (AvgIpc) is 2.65. The fraction of sp³-hybridized carbons (Fsp3) is 0.625. The lowest BCUT2D eigenvalue weighted by Gasteiger charge is -2.25. The number of ether oxygens (including phenoxy) is 2. The lowest BCUT2D eigenvalue weighted by atomic mass is 9.96. The first-order valence-corrected chi connectivity index (χ1v) is 7.43. The van der Waals surface area contributed by atoms with E-state index in [2.05, 4.69) is 12.2 Å². The highest BCUT2D eigenvalue weighted by Gasteiger charge is 2.21. The topological polar surface area (TPSA) is 56.5 Å². The first kappa shape index (κ1) is 14.8. The molecule has 1 saturated carbocycles. The number of hydrogen-bond donors (Lipinski definition) is 2. The van der Waals surface area contributed by atoms with E-state index in [0.717, 1.165) is 5.69 Å². The normalized spacial score (nSPS) is 22.9. The molecule has 1 aliphatic rings. The SMILES string of the molecule is COc1cc(N)c(NC2CCCCCC2C)cc1OC. The number of nitrogens with two attached hydrogens (primary N) is 1. The van der Waals surface area contributed by atoms with E-state index in [1.54, 1.807) is 14.2 Å². The number of nitrogens with one attached hydrogen (secondary N) is 1. The average molecular weight is 278 g/mol. The maximum absolute atomic E-state index is 6.12. The largest absolute Gasteiger partial charge is 0.493 e. The van der Waals surface area contributed by atoms with Crippen LogP contribution in [0.3, 0.4) is 0 Å². The summed E-state index contributed by atoms with van der Waals surface area (Å²) in [7, 11) is 3.27. The van der Waals surface area contributed by atoms with Gasteiger partial charge in [0.05, 0.1) is 25.6 Å². The van der Waals surface area contributed by atoms with Crippen molar-refractivity contribution in [3.63, 3.8) is 0 Å². The molecule has 2 atom stereocenters. The molecular weight excluding hydrogens is 252 g/mol. The minimum atomic E-state index is 0.484. The summed E-state index contributed by atoms with van der Waals surface area (Å²) in [6.45, 7) is 2.32. The van der Waals surface area contributed by atoms with Crippen molar-refractivity contribution >= 4 is 11.4 Å². The van der Waals surface area contributed by atoms with Gasteiger partial charge in [-0.25, -0.2) is 0 Å². The Balaban J connectivity index is 2.19. The minimum Gasteiger partial charge on any atom is -0.493 e. The molecule has 0 heterocycles. The van der Waals surface area contributed by atoms with Crippen LogP contribution in [0.15, 0.2) is 12.1 Å². The zero-order valence-corrected chi connectivity index (χ0v) is 12.7. The van der Waals surface area contributed by atoms with Crippen LogP contribution in [-0.4, -0.2) is 20.3 Å². The molecule has 1 aromatic rings. The molecule has 0 radical (unpaired) electrons. The van der Waals surface area contributed by atoms with Crippen LogP contribution in [0.4, 0.5) is 11.4 Å². The van der Waals surface area contributed by atoms with Crippen molar-refractivity contribution in [2.75, 3.05) is 25.3 Å². The molecule has 1 aromatic carbocycles. The standard InChI is InChI=1S/C16H26N2O2/c1-11-7-5-4-6-8-13(11)18-14-10-16(20-3)15(19-2)9-12(14)17/h9-11,13,18H,4-8,17H2,1-3H3. The van der Waals surface area contributed by atoms with Gasteiger partial charge in [-0.2, -0.15) is 0 Å². The van der Waals surface area contributed by atoms with Crippen LogP contribution in [0.1, 0.15) is 39.0 Å². The van der Waals surface area contributed by atoms with E-state index in [-0.39, 0.29) is 0 Å². The van der Waals surface area contributed by atoms with Crippen molar-refractivity contribution in [1.29, 1.82) is 0 Å². The molecule has 3 N–H and O–H groups in total. The van der Waals surface area contributed by atoms with Gasteiger partial charge in [0.15, 0.2) is 11.5 Å². The molecule has 0 aliphatic heterocycles. The molecule has 0 amide bonds. The Hall–Kier alpha value is -1.58. The zero-order valence-electron chi connectivity index (χ0n) is 12.7. The highest BCUT2D eigenvalue weighted by Crippen LogP contribution is 2.36. The Morgan fingerprint density at radius 3 is 2.40 bits per heavy atom. The van der Waals surface area contributed by atoms with Gasteiger partial charge in [-0.05, 0) is 18.8 Å². The summed E-state index contributed by atoms with van der Waals surface area (Å²) >= 11 is 0. The number of rotatable bonds is 4. The van der Waals surface area contributed by atoms with E-state index < -0.39 is 0 Å². The minimum absolute atomic E-state index is 0.484. The number of nitrogen functional groups attached to an aromatic ring is 1. The fourth-order valence-corrected chi connectivity index (χ4v) is 2.93. The lowest BCUT2D eigenvalue weighted by Crippen LogP contribution is -2.26. The monoisotopic (exact) mass is 278 g/mol. The molecule has 2 rings (SSSR count). The molecule has 112 valence electrons. The van der Waals surface area contributed by atoms with Crippen LogP contribution >= 0.6 is 0 Å². The second-order valence-corrected chi connectivity index (χ2v) is 5.66. The Morgan fingerprint density at radius 1 is 1.05 bits per heavy atom. The number of methoxy groups -OCH3 is 2. The van der Waals surface area contributed by atoms with Gasteiger partial charge >= 0.3 is 0 Å². The van der Waals surface area contributed by atoms with Gasteiger partial charge in [0.2, 0.25) is 0 Å². The van der Waals surface area contributed by atoms with Crippen LogP contribution in [0.25, 0.3) is 0 Å². The van der Waals surface area contributed by atoms with Gasteiger partial charge in [0.25, 0.3) is 0 Å². The van der Waals surface area contributed by atoms with Gasteiger partial charge in [0.1, 0.15) is 0 Å². The molecular formula is C16H26N2O2. The zero-order chi connectivity index (χ0) is 14.5. The van der Waals surface area contributed by atoms with Gasteiger partial charge in [-0.1, -0.05) is 26.2 Å². The van der Waals surface area contributed by atoms with Crippen molar-refractivity contribution in [1.82, 2.24) is 0 Å². The first-order valence-electron chi connectivity index (χ1n) is 7.43. The highest BCUT2D eigenvalue weighted by molar-refractivity contribution is 5.72. The van der Waals surface area contributed by atoms with Crippen LogP contribution in [0, 0.1) is 5.92 Å². The Kier molecular flexibility index (Phi) is 4.99. The molecule has 0 spiro atoms. The maximum Gasteiger partial charge on any atom is 0.162 e. The summed E-state index contributed by atoms with van der Waals surface area (Å²) in [6, 6.07) is 4.24. The van der Waals surface area contributed by atoms with E-state index in [1.165, 1.54) is 32.1 Å².